The van der Waals surface area contributed by atoms with E-state index in [0.29, 0.717) is 5.92 Å². The molecule has 0 bridgehead atoms. The van der Waals surface area contributed by atoms with Crippen LogP contribution in [0.3, 0.4) is 0 Å². The minimum Gasteiger partial charge on any atom is -0.497 e. The van der Waals surface area contributed by atoms with Gasteiger partial charge in [-0.1, -0.05) is 31.9 Å². The molecule has 0 aliphatic carbocycles. The van der Waals surface area contributed by atoms with Gasteiger partial charge in [-0.05, 0) is 37.0 Å². The predicted octanol–water partition coefficient (Wildman–Crippen LogP) is 3.80. The molecule has 0 fully saturated rings. The Kier molecular flexibility index (Phi) is 4.51. The summed E-state index contributed by atoms with van der Waals surface area (Å²) in [6, 6.07) is 8.19. The van der Waals surface area contributed by atoms with Gasteiger partial charge in [-0.15, -0.1) is 0 Å². The van der Waals surface area contributed by atoms with E-state index < -0.39 is 0 Å². The van der Waals surface area contributed by atoms with Crippen LogP contribution >= 0.6 is 0 Å². The molecule has 0 saturated carbocycles. The Morgan fingerprint density at radius 3 is 2.86 bits per heavy atom. The summed E-state index contributed by atoms with van der Waals surface area (Å²) in [5, 5.41) is 0. The number of unbranched alkanes of at least 4 members (excludes halogenated alkanes) is 1. The number of hydrogen-bond donors (Lipinski definition) is 0. The molecule has 1 heteroatoms. The van der Waals surface area contributed by atoms with E-state index in [4.69, 9.17) is 4.74 Å². The Hall–Kier alpha value is -0.980. The van der Waals surface area contributed by atoms with Crippen molar-refractivity contribution in [1.29, 1.82) is 0 Å². The van der Waals surface area contributed by atoms with Crippen molar-refractivity contribution in [3.05, 3.63) is 36.8 Å². The summed E-state index contributed by atoms with van der Waals surface area (Å²) < 4.78 is 5.18. The molecule has 1 nitrogen and oxygen atoms in total. The molecule has 77 valence electrons. The van der Waals surface area contributed by atoms with Crippen LogP contribution in [0.25, 0.3) is 0 Å². The molecule has 1 unspecified atom stereocenters. The minimum atomic E-state index is 0.394. The van der Waals surface area contributed by atoms with Crippen LogP contribution in [-0.4, -0.2) is 7.11 Å². The Morgan fingerprint density at radius 2 is 2.21 bits per heavy atom. The molecule has 0 N–H and O–H groups in total. The second-order valence-electron chi connectivity index (χ2n) is 3.62. The molecular formula is C13H19O. The predicted molar refractivity (Wildman–Crippen MR) is 60.6 cm³/mol. The van der Waals surface area contributed by atoms with E-state index in [1.165, 1.54) is 18.4 Å². The molecule has 1 aromatic rings. The van der Waals surface area contributed by atoms with Gasteiger partial charge in [0, 0.05) is 0 Å². The van der Waals surface area contributed by atoms with Gasteiger partial charge in [0.05, 0.1) is 7.11 Å². The highest BCUT2D eigenvalue weighted by Gasteiger charge is 2.05. The van der Waals surface area contributed by atoms with Crippen LogP contribution in [0.5, 0.6) is 5.75 Å². The average molecular weight is 191 g/mol. The summed E-state index contributed by atoms with van der Waals surface area (Å²) in [7, 11) is 1.70. The van der Waals surface area contributed by atoms with Crippen molar-refractivity contribution in [1.82, 2.24) is 0 Å². The quantitative estimate of drug-likeness (QED) is 0.687. The molecule has 0 heterocycles. The fraction of sp³-hybridized carbons (Fsp3) is 0.462. The SMILES string of the molecule is [CH2]C(CCCC)c1cccc(OC)c1. The van der Waals surface area contributed by atoms with E-state index in [0.717, 1.165) is 12.2 Å². The van der Waals surface area contributed by atoms with Crippen molar-refractivity contribution < 1.29 is 4.74 Å². The molecule has 0 aliphatic rings. The normalized spacial score (nSPS) is 12.5. The zero-order valence-electron chi connectivity index (χ0n) is 9.12. The van der Waals surface area contributed by atoms with Gasteiger partial charge in [0.25, 0.3) is 0 Å². The van der Waals surface area contributed by atoms with Gasteiger partial charge >= 0.3 is 0 Å². The van der Waals surface area contributed by atoms with Crippen LogP contribution in [0, 0.1) is 6.92 Å². The Labute approximate surface area is 87.1 Å². The van der Waals surface area contributed by atoms with Gasteiger partial charge in [-0.25, -0.2) is 0 Å². The van der Waals surface area contributed by atoms with Crippen molar-refractivity contribution in [2.45, 2.75) is 32.1 Å². The lowest BCUT2D eigenvalue weighted by Gasteiger charge is -2.11. The third kappa shape index (κ3) is 3.06. The third-order valence-electron chi connectivity index (χ3n) is 2.47. The van der Waals surface area contributed by atoms with E-state index in [2.05, 4.69) is 26.0 Å². The lowest BCUT2D eigenvalue weighted by molar-refractivity contribution is 0.414. The number of rotatable bonds is 5. The highest BCUT2D eigenvalue weighted by atomic mass is 16.5. The first-order chi connectivity index (χ1) is 6.77. The maximum absolute atomic E-state index is 5.18. The molecule has 1 atom stereocenters. The fourth-order valence-corrected chi connectivity index (χ4v) is 1.51. The Bertz CT molecular complexity index is 268. The van der Waals surface area contributed by atoms with Crippen molar-refractivity contribution in [2.24, 2.45) is 0 Å². The maximum Gasteiger partial charge on any atom is 0.119 e. The highest BCUT2D eigenvalue weighted by Crippen LogP contribution is 2.24. The molecule has 1 rings (SSSR count). The van der Waals surface area contributed by atoms with Crippen LogP contribution < -0.4 is 4.74 Å². The molecule has 1 aromatic carbocycles. The number of methoxy groups -OCH3 is 1. The second-order valence-corrected chi connectivity index (χ2v) is 3.62. The summed E-state index contributed by atoms with van der Waals surface area (Å²) in [4.78, 5) is 0. The summed E-state index contributed by atoms with van der Waals surface area (Å²) in [5.74, 6) is 1.32. The van der Waals surface area contributed by atoms with Crippen molar-refractivity contribution in [3.63, 3.8) is 0 Å². The first kappa shape index (κ1) is 11.1. The van der Waals surface area contributed by atoms with Gasteiger partial charge in [0.1, 0.15) is 5.75 Å². The van der Waals surface area contributed by atoms with Gasteiger partial charge in [-0.2, -0.15) is 0 Å². The Balaban J connectivity index is 2.64. The largest absolute Gasteiger partial charge is 0.497 e. The zero-order valence-corrected chi connectivity index (χ0v) is 9.12. The van der Waals surface area contributed by atoms with E-state index in [9.17, 15) is 0 Å². The maximum atomic E-state index is 5.18. The molecular weight excluding hydrogens is 172 g/mol. The van der Waals surface area contributed by atoms with Crippen molar-refractivity contribution in [3.8, 4) is 5.75 Å². The second kappa shape index (κ2) is 5.69. The number of ether oxygens (including phenoxy) is 1. The average Bonchev–Trinajstić information content (AvgIpc) is 2.26. The zero-order chi connectivity index (χ0) is 10.4. The topological polar surface area (TPSA) is 9.23 Å². The minimum absolute atomic E-state index is 0.394. The van der Waals surface area contributed by atoms with Gasteiger partial charge in [0.15, 0.2) is 0 Å². The molecule has 0 spiro atoms. The first-order valence-electron chi connectivity index (χ1n) is 5.25. The summed E-state index contributed by atoms with van der Waals surface area (Å²) in [5.41, 5.74) is 1.28. The van der Waals surface area contributed by atoms with Crippen LogP contribution in [-0.2, 0) is 0 Å². The van der Waals surface area contributed by atoms with Crippen LogP contribution in [0.15, 0.2) is 24.3 Å². The van der Waals surface area contributed by atoms with Crippen molar-refractivity contribution in [2.75, 3.05) is 7.11 Å². The van der Waals surface area contributed by atoms with Crippen molar-refractivity contribution >= 4 is 0 Å². The monoisotopic (exact) mass is 191 g/mol. The number of hydrogen-bond acceptors (Lipinski definition) is 1. The summed E-state index contributed by atoms with van der Waals surface area (Å²) >= 11 is 0. The molecule has 0 amide bonds. The van der Waals surface area contributed by atoms with E-state index in [1.807, 2.05) is 12.1 Å². The summed E-state index contributed by atoms with van der Waals surface area (Å²) in [6.07, 6.45) is 3.63. The molecule has 1 radical (unpaired) electrons. The van der Waals surface area contributed by atoms with Gasteiger partial charge in [0.2, 0.25) is 0 Å². The lowest BCUT2D eigenvalue weighted by Crippen LogP contribution is -1.94. The molecule has 0 aliphatic heterocycles. The van der Waals surface area contributed by atoms with E-state index in [-0.39, 0.29) is 0 Å². The highest BCUT2D eigenvalue weighted by molar-refractivity contribution is 5.31. The smallest absolute Gasteiger partial charge is 0.119 e. The van der Waals surface area contributed by atoms with Crippen LogP contribution in [0.2, 0.25) is 0 Å². The standard InChI is InChI=1S/C13H19O/c1-4-5-7-11(2)12-8-6-9-13(10-12)14-3/h6,8-11H,2,4-5,7H2,1,3H3. The number of benzene rings is 1. The van der Waals surface area contributed by atoms with Gasteiger partial charge in [-0.3, -0.25) is 0 Å². The fourth-order valence-electron chi connectivity index (χ4n) is 1.51. The first-order valence-corrected chi connectivity index (χ1v) is 5.25. The third-order valence-corrected chi connectivity index (χ3v) is 2.47. The van der Waals surface area contributed by atoms with E-state index in [1.54, 1.807) is 7.11 Å². The summed E-state index contributed by atoms with van der Waals surface area (Å²) in [6.45, 7) is 6.37. The Morgan fingerprint density at radius 1 is 1.43 bits per heavy atom. The van der Waals surface area contributed by atoms with Gasteiger partial charge < -0.3 is 4.74 Å². The van der Waals surface area contributed by atoms with Crippen LogP contribution in [0.4, 0.5) is 0 Å². The molecule has 0 saturated heterocycles. The van der Waals surface area contributed by atoms with Crippen LogP contribution in [0.1, 0.15) is 37.7 Å². The lowest BCUT2D eigenvalue weighted by atomic mass is 9.95. The molecule has 14 heavy (non-hydrogen) atoms. The van der Waals surface area contributed by atoms with E-state index >= 15 is 0 Å². The molecule has 0 aromatic heterocycles.